The highest BCUT2D eigenvalue weighted by atomic mass is 28.3. The minimum absolute atomic E-state index is 0.235. The fraction of sp³-hybridized carbons (Fsp3) is 0.250. The highest BCUT2D eigenvalue weighted by molar-refractivity contribution is 6.91. The molecule has 0 N–H and O–H groups in total. The minimum Gasteiger partial charge on any atom is -0.392 e. The van der Waals surface area contributed by atoms with E-state index in [4.69, 9.17) is 14.2 Å². The Labute approximate surface area is 464 Å². The van der Waals surface area contributed by atoms with E-state index in [1.165, 1.54) is 66.8 Å². The number of hydrogen-bond donors (Lipinski definition) is 0. The summed E-state index contributed by atoms with van der Waals surface area (Å²) in [5.74, 6) is -1.84. The molecule has 7 heteroatoms. The van der Waals surface area contributed by atoms with Crippen molar-refractivity contribution in [3.05, 3.63) is 287 Å². The Bertz CT molecular complexity index is 3440. The zero-order valence-corrected chi connectivity index (χ0v) is 46.8. The van der Waals surface area contributed by atoms with Crippen molar-refractivity contribution in [3.8, 4) is 0 Å². The van der Waals surface area contributed by atoms with Crippen LogP contribution in [0.5, 0.6) is 0 Å². The van der Waals surface area contributed by atoms with Gasteiger partial charge in [-0.25, -0.2) is 0 Å². The highest BCUT2D eigenvalue weighted by Crippen LogP contribution is 2.93. The molecular weight excluding hydrogens is 1000 g/mol. The van der Waals surface area contributed by atoms with E-state index in [9.17, 15) is 0 Å². The molecule has 8 bridgehead atoms. The number of hydrogen-bond acceptors (Lipinski definition) is 5. The predicted molar refractivity (Wildman–Crippen MR) is 314 cm³/mol. The first-order valence-electron chi connectivity index (χ1n) is 28.6. The maximum absolute atomic E-state index is 16.6. The number of allylic oxidation sites excluding steroid dienone is 4. The second kappa shape index (κ2) is 15.3. The molecule has 9 aliphatic heterocycles. The van der Waals surface area contributed by atoms with Gasteiger partial charge in [-0.15, -0.1) is 0 Å². The van der Waals surface area contributed by atoms with Crippen LogP contribution in [0.4, 0.5) is 0 Å². The SMILES string of the molecule is C[Si]1(C)[C@]2(c3ccccc3)C(c3ccccc3)=C(c3ccccc3)[C@@]1(c1ccccc1)[C@@H]1[C@H]2[C@@H]2O[C@H]1C13C(=O)OC(=O)C21[C@@H]1O[C@H]3[C@@H]2[C@H]1[C@]1(c3ccccc3)C(c3ccccc3)=C(c3ccccc3)[C@@]2(c2ccccc2)[Si]1(C)C. The second-order valence-corrected chi connectivity index (χ2v) is 35.0. The smallest absolute Gasteiger partial charge is 0.326 e. The lowest BCUT2D eigenvalue weighted by Gasteiger charge is -2.58. The lowest BCUT2D eigenvalue weighted by molar-refractivity contribution is -0.168. The van der Waals surface area contributed by atoms with Crippen LogP contribution in [-0.4, -0.2) is 52.5 Å². The molecule has 0 radical (unpaired) electrons. The summed E-state index contributed by atoms with van der Waals surface area (Å²) in [6.07, 6.45) is -2.86. The number of fused-ring (bicyclic) bond motifs is 18. The first-order valence-corrected chi connectivity index (χ1v) is 34.6. The van der Waals surface area contributed by atoms with Crippen LogP contribution in [0.3, 0.4) is 0 Å². The van der Waals surface area contributed by atoms with Crippen LogP contribution in [0.2, 0.25) is 26.2 Å². The number of carbonyl (C=O) groups is 2. The van der Waals surface area contributed by atoms with Crippen molar-refractivity contribution in [1.82, 2.24) is 0 Å². The quantitative estimate of drug-likeness (QED) is 0.0862. The molecule has 2 unspecified atom stereocenters. The summed E-state index contributed by atoms with van der Waals surface area (Å²) in [4.78, 5) is 33.2. The molecule has 9 heterocycles. The predicted octanol–water partition coefficient (Wildman–Crippen LogP) is 13.7. The van der Waals surface area contributed by atoms with Crippen molar-refractivity contribution in [1.29, 1.82) is 0 Å². The Morgan fingerprint density at radius 2 is 0.481 bits per heavy atom. The molecule has 8 aromatic carbocycles. The highest BCUT2D eigenvalue weighted by Gasteiger charge is 3.04. The summed E-state index contributed by atoms with van der Waals surface area (Å²) in [7, 11) is -5.98. The Kier molecular flexibility index (Phi) is 9.06. The molecule has 7 fully saturated rings. The number of rotatable bonds is 8. The zero-order valence-electron chi connectivity index (χ0n) is 44.8. The van der Waals surface area contributed by atoms with Crippen molar-refractivity contribution < 1.29 is 23.8 Å². The van der Waals surface area contributed by atoms with Crippen LogP contribution in [0.15, 0.2) is 243 Å². The summed E-state index contributed by atoms with van der Waals surface area (Å²) >= 11 is 0. The van der Waals surface area contributed by atoms with Gasteiger partial charge in [-0.2, -0.15) is 0 Å². The van der Waals surface area contributed by atoms with E-state index in [2.05, 4.69) is 269 Å². The minimum atomic E-state index is -2.99. The Morgan fingerprint density at radius 1 is 0.291 bits per heavy atom. The van der Waals surface area contributed by atoms with Crippen LogP contribution in [-0.2, 0) is 44.0 Å². The molecular formula is C72H60O5Si2. The molecule has 0 spiro atoms. The van der Waals surface area contributed by atoms with Crippen molar-refractivity contribution >= 4 is 50.4 Å². The maximum atomic E-state index is 16.6. The van der Waals surface area contributed by atoms with Gasteiger partial charge in [-0.3, -0.25) is 9.59 Å². The lowest BCUT2D eigenvalue weighted by Crippen LogP contribution is -2.71. The Balaban J connectivity index is 1.03. The van der Waals surface area contributed by atoms with E-state index in [1.807, 2.05) is 0 Å². The molecule has 9 aliphatic rings. The number of esters is 2. The topological polar surface area (TPSA) is 61.8 Å². The van der Waals surface area contributed by atoms with Gasteiger partial charge in [-0.1, -0.05) is 269 Å². The lowest BCUT2D eigenvalue weighted by atomic mass is 9.37. The van der Waals surface area contributed by atoms with E-state index < -0.39 is 83.5 Å². The van der Waals surface area contributed by atoms with Gasteiger partial charge in [0.1, 0.15) is 10.8 Å². The average molecular weight is 1060 g/mol. The molecule has 14 atom stereocenters. The first-order chi connectivity index (χ1) is 38.6. The van der Waals surface area contributed by atoms with Crippen LogP contribution < -0.4 is 0 Å². The fourth-order valence-electron chi connectivity index (χ4n) is 21.8. The van der Waals surface area contributed by atoms with Crippen LogP contribution in [0.25, 0.3) is 22.3 Å². The van der Waals surface area contributed by atoms with Gasteiger partial charge in [0, 0.05) is 43.8 Å². The van der Waals surface area contributed by atoms with Gasteiger partial charge < -0.3 is 14.2 Å². The van der Waals surface area contributed by atoms with Crippen molar-refractivity contribution in [2.24, 2.45) is 34.5 Å². The summed E-state index contributed by atoms with van der Waals surface area (Å²) < 4.78 is 23.0. The molecule has 8 aromatic rings. The summed E-state index contributed by atoms with van der Waals surface area (Å²) in [6, 6.07) is 89.6. The van der Waals surface area contributed by atoms with Crippen LogP contribution in [0, 0.1) is 34.5 Å². The molecule has 79 heavy (non-hydrogen) atoms. The van der Waals surface area contributed by atoms with Crippen molar-refractivity contribution in [2.75, 3.05) is 0 Å². The van der Waals surface area contributed by atoms with E-state index in [1.54, 1.807) is 0 Å². The Hall–Kier alpha value is -7.27. The molecule has 386 valence electrons. The van der Waals surface area contributed by atoms with Gasteiger partial charge in [-0.05, 0) is 66.8 Å². The van der Waals surface area contributed by atoms with Gasteiger partial charge in [0.05, 0.1) is 40.6 Å². The maximum Gasteiger partial charge on any atom is 0.326 e. The average Bonchev–Trinajstić information content (AvgIpc) is 1.44. The zero-order chi connectivity index (χ0) is 53.1. The van der Waals surface area contributed by atoms with Crippen LogP contribution in [0.1, 0.15) is 44.5 Å². The number of benzene rings is 8. The molecule has 0 saturated carbocycles. The summed E-state index contributed by atoms with van der Waals surface area (Å²) in [5, 5.41) is -2.52. The number of cyclic esters (lactones) is 2. The molecule has 7 saturated heterocycles. The normalized spacial score (nSPS) is 37.6. The standard InChI is InChI=1S/C72H60O5Si2/c1-78(2)69(49-37-21-9-22-38-49)53(45-29-13-5-14-30-45)54(46-31-15-6-16-32-46)70(78,50-39-23-10-24-40-50)58-57(69)61-67-63-59-60(64(76-63)68(67,62(58)75-61)66(74)77-65(67)73)72(52-43-27-12-28-44-52)56(48-35-19-8-20-36-48)55(47-33-17-7-18-34-47)71(59,79(72,3)4)51-41-25-11-26-42-51/h5-44,57-64H,1-4H3/t57-,58+,59+,60-,61-,62+,63+,64-,67?,68?,69+,70-,71-,72+. The van der Waals surface area contributed by atoms with Crippen LogP contribution >= 0.6 is 0 Å². The summed E-state index contributed by atoms with van der Waals surface area (Å²) in [5.41, 5.74) is 12.1. The third kappa shape index (κ3) is 4.59. The van der Waals surface area contributed by atoms with Gasteiger partial charge in [0.15, 0.2) is 0 Å². The van der Waals surface area contributed by atoms with Gasteiger partial charge in [0.25, 0.3) is 0 Å². The van der Waals surface area contributed by atoms with E-state index >= 15 is 9.59 Å². The summed E-state index contributed by atoms with van der Waals surface area (Å²) in [6.45, 7) is 10.6. The third-order valence-corrected chi connectivity index (χ3v) is 34.6. The molecule has 0 amide bonds. The van der Waals surface area contributed by atoms with Gasteiger partial charge in [0.2, 0.25) is 0 Å². The van der Waals surface area contributed by atoms with Gasteiger partial charge >= 0.3 is 11.9 Å². The van der Waals surface area contributed by atoms with E-state index in [-0.39, 0.29) is 23.7 Å². The molecule has 0 aliphatic carbocycles. The molecule has 17 rings (SSSR count). The number of ether oxygens (including phenoxy) is 3. The third-order valence-electron chi connectivity index (χ3n) is 23.2. The largest absolute Gasteiger partial charge is 0.392 e. The fourth-order valence-corrected chi connectivity index (χ4v) is 34.8. The van der Waals surface area contributed by atoms with Crippen molar-refractivity contribution in [3.63, 3.8) is 0 Å². The van der Waals surface area contributed by atoms with Crippen molar-refractivity contribution in [2.45, 2.75) is 70.8 Å². The Morgan fingerprint density at radius 3 is 0.684 bits per heavy atom. The first kappa shape index (κ1) is 46.6. The molecule has 0 aromatic heterocycles. The molecule has 5 nitrogen and oxygen atoms in total. The van der Waals surface area contributed by atoms with E-state index in [0.717, 1.165) is 0 Å². The monoisotopic (exact) mass is 1060 g/mol. The van der Waals surface area contributed by atoms with E-state index in [0.29, 0.717) is 0 Å². The number of carbonyl (C=O) groups excluding carboxylic acids is 2. The second-order valence-electron chi connectivity index (χ2n) is 25.4.